The van der Waals surface area contributed by atoms with Gasteiger partial charge in [0, 0.05) is 5.02 Å². The van der Waals surface area contributed by atoms with Crippen molar-refractivity contribution in [3.8, 4) is 0 Å². The Morgan fingerprint density at radius 3 is 2.70 bits per heavy atom. The van der Waals surface area contributed by atoms with E-state index in [-0.39, 0.29) is 29.3 Å². The molecule has 1 aromatic carbocycles. The number of nitrogens with one attached hydrogen (secondary N) is 1. The van der Waals surface area contributed by atoms with Crippen LogP contribution >= 0.6 is 11.6 Å². The summed E-state index contributed by atoms with van der Waals surface area (Å²) >= 11 is 5.71. The van der Waals surface area contributed by atoms with E-state index in [1.165, 1.54) is 18.2 Å². The SMILES string of the molecule is O=C(CCOCC(F)F)Nc1cc(Cl)ccc1C(=O)O. The third-order valence-corrected chi connectivity index (χ3v) is 2.44. The molecule has 0 fully saturated rings. The van der Waals surface area contributed by atoms with Crippen LogP contribution in [0.4, 0.5) is 14.5 Å². The average molecular weight is 308 g/mol. The largest absolute Gasteiger partial charge is 0.478 e. The molecule has 0 aromatic heterocycles. The van der Waals surface area contributed by atoms with Gasteiger partial charge >= 0.3 is 5.97 Å². The maximum atomic E-state index is 11.8. The molecule has 0 bridgehead atoms. The van der Waals surface area contributed by atoms with Crippen molar-refractivity contribution < 1.29 is 28.2 Å². The lowest BCUT2D eigenvalue weighted by molar-refractivity contribution is -0.117. The fourth-order valence-electron chi connectivity index (χ4n) is 1.36. The number of carboxylic acids is 1. The number of hydrogen-bond acceptors (Lipinski definition) is 3. The topological polar surface area (TPSA) is 75.6 Å². The van der Waals surface area contributed by atoms with E-state index in [9.17, 15) is 18.4 Å². The molecule has 0 heterocycles. The first kappa shape index (κ1) is 16.3. The monoisotopic (exact) mass is 307 g/mol. The molecule has 0 saturated carbocycles. The summed E-state index contributed by atoms with van der Waals surface area (Å²) in [5.74, 6) is -1.77. The first-order valence-electron chi connectivity index (χ1n) is 5.58. The Morgan fingerprint density at radius 1 is 1.40 bits per heavy atom. The summed E-state index contributed by atoms with van der Waals surface area (Å²) in [7, 11) is 0. The highest BCUT2D eigenvalue weighted by Gasteiger charge is 2.13. The van der Waals surface area contributed by atoms with E-state index in [4.69, 9.17) is 16.7 Å². The van der Waals surface area contributed by atoms with Crippen LogP contribution in [0.3, 0.4) is 0 Å². The third kappa shape index (κ3) is 5.50. The number of hydrogen-bond donors (Lipinski definition) is 2. The Balaban J connectivity index is 2.57. The molecule has 0 spiro atoms. The van der Waals surface area contributed by atoms with Gasteiger partial charge in [-0.3, -0.25) is 4.79 Å². The maximum absolute atomic E-state index is 11.8. The smallest absolute Gasteiger partial charge is 0.337 e. The van der Waals surface area contributed by atoms with Crippen molar-refractivity contribution in [1.29, 1.82) is 0 Å². The predicted octanol–water partition coefficient (Wildman–Crippen LogP) is 2.65. The zero-order valence-electron chi connectivity index (χ0n) is 10.2. The molecule has 0 atom stereocenters. The number of rotatable bonds is 7. The number of ether oxygens (including phenoxy) is 1. The summed E-state index contributed by atoms with van der Waals surface area (Å²) in [6.45, 7) is -0.927. The van der Waals surface area contributed by atoms with E-state index < -0.39 is 24.9 Å². The maximum Gasteiger partial charge on any atom is 0.337 e. The number of carboxylic acid groups (broad SMARTS) is 1. The molecule has 8 heteroatoms. The molecule has 1 rings (SSSR count). The zero-order chi connectivity index (χ0) is 15.1. The van der Waals surface area contributed by atoms with Crippen LogP contribution in [0.25, 0.3) is 0 Å². The Kier molecular flexibility index (Phi) is 6.33. The van der Waals surface area contributed by atoms with Gasteiger partial charge in [-0.2, -0.15) is 0 Å². The Bertz CT molecular complexity index is 496. The van der Waals surface area contributed by atoms with E-state index in [1.54, 1.807) is 0 Å². The molecule has 1 aromatic rings. The van der Waals surface area contributed by atoms with Crippen LogP contribution in [0.2, 0.25) is 5.02 Å². The highest BCUT2D eigenvalue weighted by atomic mass is 35.5. The van der Waals surface area contributed by atoms with Crippen LogP contribution in [-0.4, -0.2) is 36.6 Å². The van der Waals surface area contributed by atoms with Gasteiger partial charge < -0.3 is 15.2 Å². The quantitative estimate of drug-likeness (QED) is 0.759. The van der Waals surface area contributed by atoms with Crippen LogP contribution in [0.15, 0.2) is 18.2 Å². The highest BCUT2D eigenvalue weighted by molar-refractivity contribution is 6.31. The van der Waals surface area contributed by atoms with E-state index in [0.717, 1.165) is 0 Å². The van der Waals surface area contributed by atoms with Crippen molar-refractivity contribution in [2.24, 2.45) is 0 Å². The van der Waals surface area contributed by atoms with Gasteiger partial charge in [0.25, 0.3) is 6.43 Å². The van der Waals surface area contributed by atoms with Crippen LogP contribution in [0, 0.1) is 0 Å². The normalized spacial score (nSPS) is 10.6. The standard InChI is InChI=1S/C12H12ClF2NO4/c13-7-1-2-8(12(18)19)9(5-7)16-11(17)3-4-20-6-10(14)15/h1-2,5,10H,3-4,6H2,(H,16,17)(H,18,19). The minimum absolute atomic E-state index is 0.0452. The number of halogens is 3. The summed E-state index contributed by atoms with van der Waals surface area (Å²) < 4.78 is 28.1. The lowest BCUT2D eigenvalue weighted by Gasteiger charge is -2.09. The van der Waals surface area contributed by atoms with Crippen LogP contribution in [-0.2, 0) is 9.53 Å². The zero-order valence-corrected chi connectivity index (χ0v) is 11.0. The molecule has 0 aliphatic heterocycles. The molecule has 2 N–H and O–H groups in total. The molecule has 0 aliphatic rings. The third-order valence-electron chi connectivity index (χ3n) is 2.20. The van der Waals surface area contributed by atoms with Gasteiger partial charge in [0.15, 0.2) is 0 Å². The van der Waals surface area contributed by atoms with Gasteiger partial charge in [-0.15, -0.1) is 0 Å². The van der Waals surface area contributed by atoms with Crippen LogP contribution in [0.1, 0.15) is 16.8 Å². The van der Waals surface area contributed by atoms with Gasteiger partial charge in [-0.25, -0.2) is 13.6 Å². The molecular formula is C12H12ClF2NO4. The second-order valence-electron chi connectivity index (χ2n) is 3.76. The summed E-state index contributed by atoms with van der Waals surface area (Å²) in [5.41, 5.74) is -0.0693. The number of carbonyl (C=O) groups is 2. The van der Waals surface area contributed by atoms with Gasteiger partial charge in [0.2, 0.25) is 5.91 Å². The van der Waals surface area contributed by atoms with Crippen molar-refractivity contribution in [1.82, 2.24) is 0 Å². The molecule has 1 amide bonds. The number of carbonyl (C=O) groups excluding carboxylic acids is 1. The summed E-state index contributed by atoms with van der Waals surface area (Å²) in [5, 5.41) is 11.6. The molecule has 0 unspecified atom stereocenters. The van der Waals surface area contributed by atoms with Gasteiger partial charge in [0.1, 0.15) is 6.61 Å². The second kappa shape index (κ2) is 7.76. The molecule has 110 valence electrons. The van der Waals surface area contributed by atoms with Crippen molar-refractivity contribution >= 4 is 29.2 Å². The molecular weight excluding hydrogens is 296 g/mol. The molecule has 0 aliphatic carbocycles. The van der Waals surface area contributed by atoms with Gasteiger partial charge in [-0.05, 0) is 18.2 Å². The number of amides is 1. The Hall–Kier alpha value is -1.73. The summed E-state index contributed by atoms with van der Waals surface area (Å²) in [6, 6.07) is 3.93. The number of aromatic carboxylic acids is 1. The fourth-order valence-corrected chi connectivity index (χ4v) is 1.53. The Labute approximate surface area is 118 Å². The molecule has 0 radical (unpaired) electrons. The average Bonchev–Trinajstić information content (AvgIpc) is 2.34. The van der Waals surface area contributed by atoms with E-state index in [1.807, 2.05) is 0 Å². The molecule has 0 saturated heterocycles. The first-order chi connectivity index (χ1) is 9.40. The van der Waals surface area contributed by atoms with Gasteiger partial charge in [-0.1, -0.05) is 11.6 Å². The first-order valence-corrected chi connectivity index (χ1v) is 5.96. The van der Waals surface area contributed by atoms with Crippen molar-refractivity contribution in [2.45, 2.75) is 12.8 Å². The molecule has 5 nitrogen and oxygen atoms in total. The predicted molar refractivity (Wildman–Crippen MR) is 68.5 cm³/mol. The minimum atomic E-state index is -2.59. The van der Waals surface area contributed by atoms with Crippen molar-refractivity contribution in [3.63, 3.8) is 0 Å². The van der Waals surface area contributed by atoms with E-state index in [0.29, 0.717) is 0 Å². The van der Waals surface area contributed by atoms with Crippen molar-refractivity contribution in [2.75, 3.05) is 18.5 Å². The van der Waals surface area contributed by atoms with E-state index >= 15 is 0 Å². The highest BCUT2D eigenvalue weighted by Crippen LogP contribution is 2.21. The number of alkyl halides is 2. The van der Waals surface area contributed by atoms with Crippen LogP contribution in [0.5, 0.6) is 0 Å². The lowest BCUT2D eigenvalue weighted by atomic mass is 10.1. The summed E-state index contributed by atoms with van der Waals surface area (Å²) in [6.07, 6.45) is -2.76. The second-order valence-corrected chi connectivity index (χ2v) is 4.20. The van der Waals surface area contributed by atoms with Crippen LogP contribution < -0.4 is 5.32 Å². The number of anilines is 1. The minimum Gasteiger partial charge on any atom is -0.478 e. The van der Waals surface area contributed by atoms with Gasteiger partial charge in [0.05, 0.1) is 24.3 Å². The lowest BCUT2D eigenvalue weighted by Crippen LogP contribution is -2.17. The fraction of sp³-hybridized carbons (Fsp3) is 0.333. The van der Waals surface area contributed by atoms with Crippen molar-refractivity contribution in [3.05, 3.63) is 28.8 Å². The summed E-state index contributed by atoms with van der Waals surface area (Å²) in [4.78, 5) is 22.5. The Morgan fingerprint density at radius 2 is 2.10 bits per heavy atom. The van der Waals surface area contributed by atoms with E-state index in [2.05, 4.69) is 10.1 Å². The molecule has 20 heavy (non-hydrogen) atoms. The number of benzene rings is 1.